The standard InChI is InChI=1S/C14H17N5O2S2/c15-10-13(14(16)22)18-17-11-4-6-12(7-5-11)23(20,21)19-8-2-1-3-9-19/h4-7,17H,1-3,8-9H2,(H2,16,22)/b18-13-. The Morgan fingerprint density at radius 2 is 1.87 bits per heavy atom. The number of rotatable bonds is 5. The first kappa shape index (κ1) is 17.3. The lowest BCUT2D eigenvalue weighted by Gasteiger charge is -2.25. The van der Waals surface area contributed by atoms with E-state index in [2.05, 4.69) is 22.7 Å². The van der Waals surface area contributed by atoms with Crippen LogP contribution in [0.15, 0.2) is 34.3 Å². The van der Waals surface area contributed by atoms with Crippen LogP contribution >= 0.6 is 12.2 Å². The first-order valence-corrected chi connectivity index (χ1v) is 8.94. The third-order valence-electron chi connectivity index (χ3n) is 3.44. The molecule has 2 rings (SSSR count). The van der Waals surface area contributed by atoms with Crippen LogP contribution in [0.5, 0.6) is 0 Å². The topological polar surface area (TPSA) is 112 Å². The molecule has 0 unspecified atom stereocenters. The highest BCUT2D eigenvalue weighted by Crippen LogP contribution is 2.21. The molecule has 1 heterocycles. The van der Waals surface area contributed by atoms with Crippen molar-refractivity contribution in [1.82, 2.24) is 4.31 Å². The van der Waals surface area contributed by atoms with E-state index in [1.807, 2.05) is 0 Å². The molecule has 0 radical (unpaired) electrons. The molecule has 1 aliphatic rings. The minimum absolute atomic E-state index is 0.0926. The second-order valence-electron chi connectivity index (χ2n) is 5.04. The van der Waals surface area contributed by atoms with Gasteiger partial charge in [-0.25, -0.2) is 8.42 Å². The zero-order chi connectivity index (χ0) is 16.9. The van der Waals surface area contributed by atoms with Gasteiger partial charge in [-0.15, -0.1) is 0 Å². The normalized spacial score (nSPS) is 16.6. The second kappa shape index (κ2) is 7.50. The van der Waals surface area contributed by atoms with E-state index >= 15 is 0 Å². The fraction of sp³-hybridized carbons (Fsp3) is 0.357. The van der Waals surface area contributed by atoms with Crippen LogP contribution in [-0.2, 0) is 10.0 Å². The largest absolute Gasteiger partial charge is 0.387 e. The quantitative estimate of drug-likeness (QED) is 0.472. The van der Waals surface area contributed by atoms with Gasteiger partial charge < -0.3 is 5.73 Å². The highest BCUT2D eigenvalue weighted by Gasteiger charge is 2.25. The maximum Gasteiger partial charge on any atom is 0.243 e. The molecule has 0 amide bonds. The molecule has 7 nitrogen and oxygen atoms in total. The first-order valence-electron chi connectivity index (χ1n) is 7.09. The smallest absolute Gasteiger partial charge is 0.243 e. The Hall–Kier alpha value is -2.02. The summed E-state index contributed by atoms with van der Waals surface area (Å²) in [5, 5.41) is 12.6. The Bertz CT molecular complexity index is 744. The van der Waals surface area contributed by atoms with Crippen LogP contribution < -0.4 is 11.2 Å². The zero-order valence-corrected chi connectivity index (χ0v) is 14.0. The molecule has 0 bridgehead atoms. The summed E-state index contributed by atoms with van der Waals surface area (Å²) < 4.78 is 26.5. The third kappa shape index (κ3) is 4.25. The highest BCUT2D eigenvalue weighted by molar-refractivity contribution is 7.89. The van der Waals surface area contributed by atoms with Crippen molar-refractivity contribution in [1.29, 1.82) is 5.26 Å². The van der Waals surface area contributed by atoms with Crippen LogP contribution in [0.25, 0.3) is 0 Å². The number of thiocarbonyl (C=S) groups is 1. The van der Waals surface area contributed by atoms with Gasteiger partial charge in [0.15, 0.2) is 5.71 Å². The van der Waals surface area contributed by atoms with Gasteiger partial charge >= 0.3 is 0 Å². The van der Waals surface area contributed by atoms with Gasteiger partial charge in [0.2, 0.25) is 10.0 Å². The van der Waals surface area contributed by atoms with Crippen molar-refractivity contribution in [2.24, 2.45) is 10.8 Å². The molecule has 0 spiro atoms. The van der Waals surface area contributed by atoms with Gasteiger partial charge in [0.25, 0.3) is 0 Å². The van der Waals surface area contributed by atoms with E-state index < -0.39 is 10.0 Å². The van der Waals surface area contributed by atoms with Gasteiger partial charge in [0, 0.05) is 13.1 Å². The number of nitriles is 1. The lowest BCUT2D eigenvalue weighted by molar-refractivity contribution is 0.346. The molecule has 122 valence electrons. The SMILES string of the molecule is N#C/C(=N/Nc1ccc(S(=O)(=O)N2CCCCC2)cc1)C(N)=S. The average Bonchev–Trinajstić information content (AvgIpc) is 2.56. The number of benzene rings is 1. The molecular weight excluding hydrogens is 334 g/mol. The van der Waals surface area contributed by atoms with Crippen molar-refractivity contribution < 1.29 is 8.42 Å². The molecule has 0 atom stereocenters. The van der Waals surface area contributed by atoms with E-state index in [-0.39, 0.29) is 15.6 Å². The summed E-state index contributed by atoms with van der Waals surface area (Å²) in [6, 6.07) is 7.94. The van der Waals surface area contributed by atoms with Crippen molar-refractivity contribution >= 4 is 38.6 Å². The van der Waals surface area contributed by atoms with Crippen molar-refractivity contribution in [3.8, 4) is 6.07 Å². The lowest BCUT2D eigenvalue weighted by atomic mass is 10.2. The van der Waals surface area contributed by atoms with Crippen molar-refractivity contribution in [3.05, 3.63) is 24.3 Å². The zero-order valence-electron chi connectivity index (χ0n) is 12.4. The van der Waals surface area contributed by atoms with Crippen LogP contribution in [0, 0.1) is 11.3 Å². The summed E-state index contributed by atoms with van der Waals surface area (Å²) in [4.78, 5) is 0.132. The fourth-order valence-electron chi connectivity index (χ4n) is 2.21. The molecule has 0 saturated carbocycles. The minimum Gasteiger partial charge on any atom is -0.387 e. The van der Waals surface area contributed by atoms with E-state index in [0.29, 0.717) is 18.8 Å². The number of hydrogen-bond acceptors (Lipinski definition) is 6. The van der Waals surface area contributed by atoms with Crippen LogP contribution in [0.4, 0.5) is 5.69 Å². The average molecular weight is 351 g/mol. The number of hydrogen-bond donors (Lipinski definition) is 2. The predicted molar refractivity (Wildman–Crippen MR) is 92.5 cm³/mol. The van der Waals surface area contributed by atoms with Crippen molar-refractivity contribution in [3.63, 3.8) is 0 Å². The Labute approximate surface area is 140 Å². The molecule has 3 N–H and O–H groups in total. The van der Waals surface area contributed by atoms with Crippen LogP contribution in [-0.4, -0.2) is 36.5 Å². The van der Waals surface area contributed by atoms with Crippen LogP contribution in [0.2, 0.25) is 0 Å². The number of piperidine rings is 1. The Balaban J connectivity index is 2.13. The lowest BCUT2D eigenvalue weighted by Crippen LogP contribution is -2.35. The molecular formula is C14H17N5O2S2. The van der Waals surface area contributed by atoms with E-state index in [9.17, 15) is 8.42 Å². The summed E-state index contributed by atoms with van der Waals surface area (Å²) in [6.45, 7) is 1.12. The molecule has 1 aromatic carbocycles. The summed E-state index contributed by atoms with van der Waals surface area (Å²) in [6.07, 6.45) is 2.85. The van der Waals surface area contributed by atoms with Gasteiger partial charge in [-0.05, 0) is 37.1 Å². The number of sulfonamides is 1. The summed E-state index contributed by atoms with van der Waals surface area (Å²) in [7, 11) is -3.45. The Kier molecular flexibility index (Phi) is 5.65. The number of nitrogens with one attached hydrogen (secondary N) is 1. The fourth-order valence-corrected chi connectivity index (χ4v) is 3.82. The summed E-state index contributed by atoms with van der Waals surface area (Å²) >= 11 is 4.67. The molecule has 0 aliphatic carbocycles. The monoisotopic (exact) mass is 351 g/mol. The molecule has 0 aromatic heterocycles. The highest BCUT2D eigenvalue weighted by atomic mass is 32.2. The molecule has 9 heteroatoms. The van der Waals surface area contributed by atoms with Gasteiger partial charge in [-0.3, -0.25) is 5.43 Å². The Morgan fingerprint density at radius 1 is 1.26 bits per heavy atom. The Morgan fingerprint density at radius 3 is 2.39 bits per heavy atom. The van der Waals surface area contributed by atoms with Crippen LogP contribution in [0.3, 0.4) is 0 Å². The molecule has 1 fully saturated rings. The minimum atomic E-state index is -3.45. The van der Waals surface area contributed by atoms with E-state index in [0.717, 1.165) is 19.3 Å². The first-order chi connectivity index (χ1) is 10.9. The number of hydrazone groups is 1. The van der Waals surface area contributed by atoms with E-state index in [1.54, 1.807) is 18.2 Å². The summed E-state index contributed by atoms with van der Waals surface area (Å²) in [5.74, 6) is 0. The van der Waals surface area contributed by atoms with Gasteiger partial charge in [0.05, 0.1) is 10.6 Å². The molecule has 1 aliphatic heterocycles. The summed E-state index contributed by atoms with van der Waals surface area (Å²) in [5.41, 5.74) is 8.39. The van der Waals surface area contributed by atoms with E-state index in [4.69, 9.17) is 11.0 Å². The van der Waals surface area contributed by atoms with Crippen molar-refractivity contribution in [2.45, 2.75) is 24.2 Å². The number of nitrogens with two attached hydrogens (primary N) is 1. The molecule has 1 saturated heterocycles. The van der Waals surface area contributed by atoms with Gasteiger partial charge in [-0.1, -0.05) is 18.6 Å². The van der Waals surface area contributed by atoms with Crippen molar-refractivity contribution in [2.75, 3.05) is 18.5 Å². The maximum absolute atomic E-state index is 12.5. The van der Waals surface area contributed by atoms with Crippen LogP contribution in [0.1, 0.15) is 19.3 Å². The van der Waals surface area contributed by atoms with Gasteiger partial charge in [-0.2, -0.15) is 14.7 Å². The number of nitrogens with zero attached hydrogens (tertiary/aromatic N) is 3. The van der Waals surface area contributed by atoms with Gasteiger partial charge in [0.1, 0.15) is 11.1 Å². The third-order valence-corrected chi connectivity index (χ3v) is 5.55. The number of anilines is 1. The molecule has 23 heavy (non-hydrogen) atoms. The van der Waals surface area contributed by atoms with E-state index in [1.165, 1.54) is 16.4 Å². The second-order valence-corrected chi connectivity index (χ2v) is 7.42. The molecule has 1 aromatic rings. The maximum atomic E-state index is 12.5. The predicted octanol–water partition coefficient (Wildman–Crippen LogP) is 1.44.